The molecule has 1 heterocycles. The van der Waals surface area contributed by atoms with Crippen LogP contribution in [0.4, 0.5) is 5.69 Å². The van der Waals surface area contributed by atoms with E-state index in [1.54, 1.807) is 12.1 Å². The maximum Gasteiger partial charge on any atom is 0.336 e. The molecule has 4 heteroatoms. The molecule has 0 bridgehead atoms. The summed E-state index contributed by atoms with van der Waals surface area (Å²) in [4.78, 5) is 11.6. The molecule has 0 unspecified atom stereocenters. The first kappa shape index (κ1) is 13.2. The first-order chi connectivity index (χ1) is 10.1. The van der Waals surface area contributed by atoms with E-state index in [1.807, 2.05) is 37.3 Å². The molecule has 0 fully saturated rings. The smallest absolute Gasteiger partial charge is 0.336 e. The van der Waals surface area contributed by atoms with Crippen LogP contribution >= 0.6 is 0 Å². The minimum absolute atomic E-state index is 0.111. The minimum atomic E-state index is -0.411. The second-order valence-corrected chi connectivity index (χ2v) is 4.91. The summed E-state index contributed by atoms with van der Waals surface area (Å²) in [5, 5.41) is 14.1. The van der Waals surface area contributed by atoms with Gasteiger partial charge in [0.25, 0.3) is 0 Å². The van der Waals surface area contributed by atoms with Gasteiger partial charge in [0.2, 0.25) is 0 Å². The molecular formula is C17H15NO3. The zero-order valence-electron chi connectivity index (χ0n) is 11.6. The molecule has 0 aliphatic rings. The fourth-order valence-electron chi connectivity index (χ4n) is 2.35. The zero-order chi connectivity index (χ0) is 14.8. The average molecular weight is 281 g/mol. The molecule has 0 saturated heterocycles. The Morgan fingerprint density at radius 2 is 1.90 bits per heavy atom. The van der Waals surface area contributed by atoms with Gasteiger partial charge in [-0.25, -0.2) is 4.79 Å². The van der Waals surface area contributed by atoms with Crippen molar-refractivity contribution in [2.24, 2.45) is 0 Å². The number of para-hydroxylation sites is 1. The highest BCUT2D eigenvalue weighted by molar-refractivity contribution is 5.85. The normalized spacial score (nSPS) is 10.7. The lowest BCUT2D eigenvalue weighted by Gasteiger charge is -2.11. The first-order valence-electron chi connectivity index (χ1n) is 6.69. The van der Waals surface area contributed by atoms with E-state index in [0.717, 1.165) is 16.6 Å². The van der Waals surface area contributed by atoms with Crippen molar-refractivity contribution < 1.29 is 9.52 Å². The molecular weight excluding hydrogens is 266 g/mol. The molecule has 0 radical (unpaired) electrons. The number of anilines is 1. The van der Waals surface area contributed by atoms with Gasteiger partial charge in [-0.3, -0.25) is 0 Å². The molecule has 0 aliphatic carbocycles. The third-order valence-electron chi connectivity index (χ3n) is 3.44. The SMILES string of the molecule is Cc1cc(=O)oc2c(CNc3ccccc3)c(O)ccc12. The van der Waals surface area contributed by atoms with Crippen molar-refractivity contribution in [3.8, 4) is 5.75 Å². The third kappa shape index (κ3) is 2.60. The Kier molecular flexibility index (Phi) is 3.36. The lowest BCUT2D eigenvalue weighted by atomic mass is 10.1. The molecule has 4 nitrogen and oxygen atoms in total. The number of aryl methyl sites for hydroxylation is 1. The van der Waals surface area contributed by atoms with Crippen molar-refractivity contribution in [1.82, 2.24) is 0 Å². The molecule has 3 aromatic rings. The van der Waals surface area contributed by atoms with Crippen LogP contribution in [0.3, 0.4) is 0 Å². The van der Waals surface area contributed by atoms with Crippen molar-refractivity contribution in [2.75, 3.05) is 5.32 Å². The number of hydrogen-bond donors (Lipinski definition) is 2. The summed E-state index contributed by atoms with van der Waals surface area (Å²) >= 11 is 0. The predicted octanol–water partition coefficient (Wildman–Crippen LogP) is 3.42. The molecule has 0 atom stereocenters. The third-order valence-corrected chi connectivity index (χ3v) is 3.44. The van der Waals surface area contributed by atoms with Gasteiger partial charge in [0.1, 0.15) is 11.3 Å². The molecule has 3 rings (SSSR count). The molecule has 0 aliphatic heterocycles. The number of phenols is 1. The quantitative estimate of drug-likeness (QED) is 0.722. The Morgan fingerprint density at radius 1 is 1.14 bits per heavy atom. The molecule has 21 heavy (non-hydrogen) atoms. The Morgan fingerprint density at radius 3 is 2.67 bits per heavy atom. The molecule has 0 amide bonds. The van der Waals surface area contributed by atoms with Crippen molar-refractivity contribution in [2.45, 2.75) is 13.5 Å². The van der Waals surface area contributed by atoms with Crippen LogP contribution in [-0.4, -0.2) is 5.11 Å². The van der Waals surface area contributed by atoms with Crippen LogP contribution in [-0.2, 0) is 6.54 Å². The highest BCUT2D eigenvalue weighted by Gasteiger charge is 2.12. The summed E-state index contributed by atoms with van der Waals surface area (Å²) < 4.78 is 5.29. The van der Waals surface area contributed by atoms with E-state index < -0.39 is 5.63 Å². The number of phenolic OH excluding ortho intramolecular Hbond substituents is 1. The first-order valence-corrected chi connectivity index (χ1v) is 6.69. The van der Waals surface area contributed by atoms with E-state index in [1.165, 1.54) is 6.07 Å². The topological polar surface area (TPSA) is 62.5 Å². The van der Waals surface area contributed by atoms with Crippen molar-refractivity contribution in [1.29, 1.82) is 0 Å². The summed E-state index contributed by atoms with van der Waals surface area (Å²) in [7, 11) is 0. The fourth-order valence-corrected chi connectivity index (χ4v) is 2.35. The highest BCUT2D eigenvalue weighted by Crippen LogP contribution is 2.28. The van der Waals surface area contributed by atoms with Gasteiger partial charge in [0.05, 0.1) is 5.56 Å². The predicted molar refractivity (Wildman–Crippen MR) is 82.7 cm³/mol. The molecule has 2 aromatic carbocycles. The van der Waals surface area contributed by atoms with Gasteiger partial charge in [-0.1, -0.05) is 18.2 Å². The van der Waals surface area contributed by atoms with E-state index in [9.17, 15) is 9.90 Å². The zero-order valence-corrected chi connectivity index (χ0v) is 11.6. The largest absolute Gasteiger partial charge is 0.507 e. The summed E-state index contributed by atoms with van der Waals surface area (Å²) in [5.74, 6) is 0.111. The highest BCUT2D eigenvalue weighted by atomic mass is 16.4. The van der Waals surface area contributed by atoms with Crippen molar-refractivity contribution in [3.63, 3.8) is 0 Å². The van der Waals surface area contributed by atoms with Crippen LogP contribution in [0.25, 0.3) is 11.0 Å². The maximum atomic E-state index is 11.6. The van der Waals surface area contributed by atoms with Crippen LogP contribution in [0, 0.1) is 6.92 Å². The Labute approximate surface area is 121 Å². The summed E-state index contributed by atoms with van der Waals surface area (Å²) in [5.41, 5.74) is 2.37. The van der Waals surface area contributed by atoms with E-state index in [-0.39, 0.29) is 5.75 Å². The lowest BCUT2D eigenvalue weighted by Crippen LogP contribution is -2.04. The molecule has 1 aromatic heterocycles. The van der Waals surface area contributed by atoms with E-state index in [4.69, 9.17) is 4.42 Å². The van der Waals surface area contributed by atoms with Gasteiger partial charge in [-0.2, -0.15) is 0 Å². The molecule has 0 spiro atoms. The molecule has 106 valence electrons. The van der Waals surface area contributed by atoms with Crippen LogP contribution in [0.15, 0.2) is 57.7 Å². The van der Waals surface area contributed by atoms with Crippen molar-refractivity contribution >= 4 is 16.7 Å². The van der Waals surface area contributed by atoms with Crippen molar-refractivity contribution in [3.05, 3.63) is 70.1 Å². The number of benzene rings is 2. The standard InChI is InChI=1S/C17H15NO3/c1-11-9-16(20)21-17-13(11)7-8-15(19)14(17)10-18-12-5-3-2-4-6-12/h2-9,18-19H,10H2,1H3. The number of rotatable bonds is 3. The van der Waals surface area contributed by atoms with Crippen LogP contribution in [0.1, 0.15) is 11.1 Å². The second kappa shape index (κ2) is 5.32. The van der Waals surface area contributed by atoms with Crippen LogP contribution < -0.4 is 10.9 Å². The van der Waals surface area contributed by atoms with Gasteiger partial charge >= 0.3 is 5.63 Å². The summed E-state index contributed by atoms with van der Waals surface area (Å²) in [6.07, 6.45) is 0. The second-order valence-electron chi connectivity index (χ2n) is 4.91. The Balaban J connectivity index is 2.05. The van der Waals surface area contributed by atoms with Crippen LogP contribution in [0.2, 0.25) is 0 Å². The molecule has 0 saturated carbocycles. The Hall–Kier alpha value is -2.75. The van der Waals surface area contributed by atoms with Gasteiger partial charge in [-0.15, -0.1) is 0 Å². The summed E-state index contributed by atoms with van der Waals surface area (Å²) in [6.45, 7) is 2.23. The summed E-state index contributed by atoms with van der Waals surface area (Å²) in [6, 6.07) is 14.5. The number of hydrogen-bond acceptors (Lipinski definition) is 4. The van der Waals surface area contributed by atoms with Gasteiger partial charge in [-0.05, 0) is 36.8 Å². The van der Waals surface area contributed by atoms with Gasteiger partial charge in [0, 0.05) is 23.7 Å². The van der Waals surface area contributed by atoms with Gasteiger partial charge in [0.15, 0.2) is 0 Å². The molecule has 2 N–H and O–H groups in total. The average Bonchev–Trinajstić information content (AvgIpc) is 2.47. The number of nitrogens with one attached hydrogen (secondary N) is 1. The minimum Gasteiger partial charge on any atom is -0.507 e. The fraction of sp³-hybridized carbons (Fsp3) is 0.118. The van der Waals surface area contributed by atoms with E-state index in [0.29, 0.717) is 17.7 Å². The van der Waals surface area contributed by atoms with E-state index in [2.05, 4.69) is 5.32 Å². The van der Waals surface area contributed by atoms with Gasteiger partial charge < -0.3 is 14.8 Å². The number of aromatic hydroxyl groups is 1. The lowest BCUT2D eigenvalue weighted by molar-refractivity contribution is 0.466. The monoisotopic (exact) mass is 281 g/mol. The number of fused-ring (bicyclic) bond motifs is 1. The maximum absolute atomic E-state index is 11.6. The Bertz CT molecular complexity index is 838. The van der Waals surface area contributed by atoms with Crippen LogP contribution in [0.5, 0.6) is 5.75 Å². The van der Waals surface area contributed by atoms with E-state index >= 15 is 0 Å².